The molecule has 1 aromatic rings. The highest BCUT2D eigenvalue weighted by Gasteiger charge is 2.60. The van der Waals surface area contributed by atoms with E-state index in [0.717, 1.165) is 29.7 Å². The Kier molecular flexibility index (Phi) is 4.29. The van der Waals surface area contributed by atoms with E-state index >= 15 is 0 Å². The number of hydrogen-bond donors (Lipinski definition) is 2. The van der Waals surface area contributed by atoms with Crippen LogP contribution < -0.4 is 11.1 Å². The van der Waals surface area contributed by atoms with Crippen molar-refractivity contribution in [2.24, 2.45) is 11.8 Å². The van der Waals surface area contributed by atoms with Crippen LogP contribution in [0.5, 0.6) is 0 Å². The first-order valence-corrected chi connectivity index (χ1v) is 10.0. The summed E-state index contributed by atoms with van der Waals surface area (Å²) < 4.78 is 1.20. The van der Waals surface area contributed by atoms with Gasteiger partial charge < -0.3 is 11.1 Å². The van der Waals surface area contributed by atoms with Crippen molar-refractivity contribution in [3.8, 4) is 0 Å². The molecule has 1 heterocycles. The Morgan fingerprint density at radius 1 is 1.14 bits per heavy atom. The van der Waals surface area contributed by atoms with Gasteiger partial charge in [-0.25, -0.2) is 0 Å². The van der Waals surface area contributed by atoms with Gasteiger partial charge in [-0.2, -0.15) is 0 Å². The van der Waals surface area contributed by atoms with Crippen LogP contribution in [0.3, 0.4) is 0 Å². The zero-order chi connectivity index (χ0) is 20.2. The summed E-state index contributed by atoms with van der Waals surface area (Å²) in [6.07, 6.45) is 7.17. The topological polar surface area (TPSA) is 75.2 Å². The van der Waals surface area contributed by atoms with Crippen molar-refractivity contribution in [3.05, 3.63) is 63.2 Å². The van der Waals surface area contributed by atoms with E-state index in [9.17, 15) is 9.70 Å². The molecule has 5 heteroatoms. The van der Waals surface area contributed by atoms with Gasteiger partial charge in [-0.1, -0.05) is 39.8 Å². The van der Waals surface area contributed by atoms with Crippen molar-refractivity contribution in [3.63, 3.8) is 0 Å². The third-order valence-corrected chi connectivity index (χ3v) is 5.78. The van der Waals surface area contributed by atoms with Crippen LogP contribution in [-0.2, 0) is 0 Å². The number of anilines is 1. The lowest BCUT2D eigenvalue weighted by Gasteiger charge is -2.25. The van der Waals surface area contributed by atoms with Gasteiger partial charge in [-0.3, -0.25) is 4.79 Å². The molecule has 5 nitrogen and oxygen atoms in total. The Morgan fingerprint density at radius 3 is 2.46 bits per heavy atom. The lowest BCUT2D eigenvalue weighted by atomic mass is 9.80. The number of allylic oxidation sites excluding steroid dienone is 2. The lowest BCUT2D eigenvalue weighted by molar-refractivity contribution is -0.634. The Bertz CT molecular complexity index is 956. The monoisotopic (exact) mass is 378 g/mol. The second kappa shape index (κ2) is 6.43. The van der Waals surface area contributed by atoms with Crippen molar-refractivity contribution >= 4 is 17.5 Å². The van der Waals surface area contributed by atoms with Gasteiger partial charge in [0.15, 0.2) is 5.78 Å². The first-order valence-electron chi connectivity index (χ1n) is 10.0. The van der Waals surface area contributed by atoms with Gasteiger partial charge in [0.2, 0.25) is 0 Å². The molecule has 0 saturated carbocycles. The summed E-state index contributed by atoms with van der Waals surface area (Å²) in [7, 11) is 0. The van der Waals surface area contributed by atoms with E-state index < -0.39 is 11.7 Å². The summed E-state index contributed by atoms with van der Waals surface area (Å²) in [5.41, 5.74) is 9.60. The quantitative estimate of drug-likeness (QED) is 0.608. The lowest BCUT2D eigenvalue weighted by Crippen LogP contribution is -2.49. The third-order valence-electron chi connectivity index (χ3n) is 5.78. The first-order chi connectivity index (χ1) is 13.2. The average Bonchev–Trinajstić information content (AvgIpc) is 2.87. The fourth-order valence-electron chi connectivity index (χ4n) is 4.93. The summed E-state index contributed by atoms with van der Waals surface area (Å²) in [4.78, 5) is 26.8. The van der Waals surface area contributed by atoms with Crippen LogP contribution in [0, 0.1) is 16.7 Å². The minimum Gasteiger partial charge on any atom is -0.398 e. The summed E-state index contributed by atoms with van der Waals surface area (Å²) in [6, 6.07) is 4.89. The summed E-state index contributed by atoms with van der Waals surface area (Å²) in [6.45, 7) is 8.55. The van der Waals surface area contributed by atoms with E-state index in [4.69, 9.17) is 5.73 Å². The number of carbonyl (C=O) groups excluding carboxylic acids is 1. The molecule has 3 N–H and O–H groups in total. The molecule has 0 spiro atoms. The number of nitrogens with zero attached hydrogens (tertiary/aromatic N) is 1. The molecular formula is C23H28N3O2+. The van der Waals surface area contributed by atoms with Crippen LogP contribution >= 0.6 is 0 Å². The number of nitrogen functional groups attached to an aromatic ring is 1. The maximum Gasteiger partial charge on any atom is 0.285 e. The second-order valence-electron chi connectivity index (χ2n) is 9.02. The summed E-state index contributed by atoms with van der Waals surface area (Å²) in [5, 5.41) is 3.55. The zero-order valence-electron chi connectivity index (χ0n) is 17.0. The molecule has 0 radical (unpaired) electrons. The van der Waals surface area contributed by atoms with Crippen LogP contribution in [0.4, 0.5) is 5.69 Å². The van der Waals surface area contributed by atoms with Crippen LogP contribution in [0.1, 0.15) is 56.5 Å². The number of nitrogens with two attached hydrogens (primary N) is 1. The van der Waals surface area contributed by atoms with Gasteiger partial charge in [-0.05, 0) is 36.1 Å². The molecule has 1 saturated heterocycles. The molecule has 4 rings (SSSR count). The molecule has 1 atom stereocenters. The molecule has 1 unspecified atom stereocenters. The van der Waals surface area contributed by atoms with Crippen molar-refractivity contribution in [2.45, 2.75) is 52.2 Å². The second-order valence-corrected chi connectivity index (χ2v) is 9.02. The molecule has 1 aromatic carbocycles. The Hall–Kier alpha value is -2.69. The fourth-order valence-corrected chi connectivity index (χ4v) is 4.93. The Balaban J connectivity index is 1.83. The van der Waals surface area contributed by atoms with Crippen molar-refractivity contribution in [1.82, 2.24) is 5.32 Å². The van der Waals surface area contributed by atoms with Crippen LogP contribution in [0.15, 0.2) is 47.2 Å². The number of fused-ring (bicyclic) bond motifs is 4. The van der Waals surface area contributed by atoms with Crippen molar-refractivity contribution in [2.75, 3.05) is 5.73 Å². The number of nitroso groups, excluding NO2 is 1. The van der Waals surface area contributed by atoms with Crippen LogP contribution in [0.25, 0.3) is 6.08 Å². The average molecular weight is 378 g/mol. The molecule has 2 aliphatic carbocycles. The molecule has 28 heavy (non-hydrogen) atoms. The smallest absolute Gasteiger partial charge is 0.285 e. The van der Waals surface area contributed by atoms with Crippen LogP contribution in [0.2, 0.25) is 0 Å². The highest BCUT2D eigenvalue weighted by molar-refractivity contribution is 6.18. The maximum absolute atomic E-state index is 13.7. The van der Waals surface area contributed by atoms with Gasteiger partial charge in [-0.15, -0.1) is 0 Å². The summed E-state index contributed by atoms with van der Waals surface area (Å²) >= 11 is 0. The molecule has 0 bridgehead atoms. The van der Waals surface area contributed by atoms with Gasteiger partial charge in [0.25, 0.3) is 11.7 Å². The van der Waals surface area contributed by atoms with E-state index in [1.54, 1.807) is 18.2 Å². The molecule has 1 aliphatic heterocycles. The predicted molar refractivity (Wildman–Crippen MR) is 112 cm³/mol. The minimum absolute atomic E-state index is 0.0614. The maximum atomic E-state index is 13.7. The third kappa shape index (κ3) is 2.72. The van der Waals surface area contributed by atoms with Gasteiger partial charge in [0.1, 0.15) is 0 Å². The molecule has 146 valence electrons. The van der Waals surface area contributed by atoms with E-state index in [0.29, 0.717) is 28.7 Å². The predicted octanol–water partition coefficient (Wildman–Crippen LogP) is 4.21. The first kappa shape index (κ1) is 18.7. The number of carbonyl (C=O) groups is 1. The van der Waals surface area contributed by atoms with E-state index in [-0.39, 0.29) is 5.78 Å². The zero-order valence-corrected chi connectivity index (χ0v) is 17.0. The number of hydrogen-bond acceptors (Lipinski definition) is 4. The normalized spacial score (nSPS) is 22.2. The van der Waals surface area contributed by atoms with Gasteiger partial charge >= 0.3 is 0 Å². The van der Waals surface area contributed by atoms with Crippen LogP contribution in [-0.4, -0.2) is 22.2 Å². The largest absolute Gasteiger partial charge is 0.398 e. The van der Waals surface area contributed by atoms with Crippen molar-refractivity contribution in [1.29, 1.82) is 0 Å². The number of benzene rings is 1. The standard InChI is InChI=1S/C23H27N3O2/c1-13(2)11-23(12-14(3)4)25-20-9-8-16-18(21(20)26(23)28)10-17-15(22(16)27)6-5-7-19(17)24/h5-10,13-14,21H,11-12,24H2,1-4H3/p+1. The molecule has 1 fully saturated rings. The highest BCUT2D eigenvalue weighted by atomic mass is 16.3. The molecule has 0 amide bonds. The SMILES string of the molecule is CC(C)CC1(CC(C)C)NC2=CC=C3C(=O)c4cccc(N)c4C=C3C2[N+]1=O. The van der Waals surface area contributed by atoms with Crippen molar-refractivity contribution < 1.29 is 9.55 Å². The van der Waals surface area contributed by atoms with Gasteiger partial charge in [0.05, 0.1) is 5.70 Å². The van der Waals surface area contributed by atoms with E-state index in [2.05, 4.69) is 33.0 Å². The highest BCUT2D eigenvalue weighted by Crippen LogP contribution is 2.44. The summed E-state index contributed by atoms with van der Waals surface area (Å²) in [5.74, 6) is 0.678. The number of nitrogens with one attached hydrogen (secondary N) is 1. The van der Waals surface area contributed by atoms with E-state index in [1.807, 2.05) is 18.2 Å². The number of Topliss-reactive ketones (excluding diaryl/α,β-unsaturated/α-hetero) is 1. The molecule has 3 aliphatic rings. The van der Waals surface area contributed by atoms with E-state index in [1.165, 1.54) is 4.76 Å². The molecule has 0 aromatic heterocycles. The fraction of sp³-hybridized carbons (Fsp3) is 0.435. The Morgan fingerprint density at radius 2 is 1.82 bits per heavy atom. The Labute approximate surface area is 166 Å². The number of rotatable bonds is 4. The van der Waals surface area contributed by atoms with Gasteiger partial charge in [0, 0.05) is 50.5 Å². The minimum atomic E-state index is -0.658. The molecular weight excluding hydrogens is 350 g/mol. The number of ketones is 1.